The van der Waals surface area contributed by atoms with Crippen LogP contribution in [-0.4, -0.2) is 90.0 Å². The number of aliphatic hydroxyl groups excluding tert-OH is 1. The van der Waals surface area contributed by atoms with Gasteiger partial charge in [0.05, 0.1) is 24.6 Å². The summed E-state index contributed by atoms with van der Waals surface area (Å²) in [6, 6.07) is 12.1. The molecule has 2 heterocycles. The molecule has 0 radical (unpaired) electrons. The molecule has 4 amide bonds. The van der Waals surface area contributed by atoms with Crippen LogP contribution in [0.25, 0.3) is 0 Å². The number of amides is 4. The Hall–Kier alpha value is -3.96. The highest BCUT2D eigenvalue weighted by Gasteiger charge is 2.32. The third-order valence-corrected chi connectivity index (χ3v) is 7.61. The van der Waals surface area contributed by atoms with Gasteiger partial charge in [-0.3, -0.25) is 24.1 Å². The summed E-state index contributed by atoms with van der Waals surface area (Å²) in [4.78, 5) is 56.3. The van der Waals surface area contributed by atoms with Gasteiger partial charge in [-0.05, 0) is 56.1 Å². The summed E-state index contributed by atoms with van der Waals surface area (Å²) >= 11 is 0. The second-order valence-corrected chi connectivity index (χ2v) is 11.0. The molecule has 2 aliphatic heterocycles. The van der Waals surface area contributed by atoms with Crippen LogP contribution in [-0.2, 0) is 27.5 Å². The van der Waals surface area contributed by atoms with E-state index in [1.807, 2.05) is 24.3 Å². The van der Waals surface area contributed by atoms with Gasteiger partial charge in [-0.2, -0.15) is 0 Å². The molecular weight excluding hydrogens is 538 g/mol. The first-order chi connectivity index (χ1) is 20.2. The predicted molar refractivity (Wildman–Crippen MR) is 156 cm³/mol. The van der Waals surface area contributed by atoms with Crippen LogP contribution in [0.5, 0.6) is 5.75 Å². The van der Waals surface area contributed by atoms with Crippen molar-refractivity contribution in [2.75, 3.05) is 33.3 Å². The molecule has 226 valence electrons. The van der Waals surface area contributed by atoms with E-state index in [1.54, 1.807) is 24.3 Å². The third-order valence-electron chi connectivity index (χ3n) is 7.61. The van der Waals surface area contributed by atoms with Crippen molar-refractivity contribution >= 4 is 23.6 Å². The maximum atomic E-state index is 13.3. The number of benzene rings is 2. The molecule has 0 unspecified atom stereocenters. The summed E-state index contributed by atoms with van der Waals surface area (Å²) in [6.45, 7) is 4.96. The fraction of sp³-hybridized carbons (Fsp3) is 0.484. The Labute approximate surface area is 246 Å². The summed E-state index contributed by atoms with van der Waals surface area (Å²) in [7, 11) is 1.54. The molecule has 2 aromatic carbocycles. The van der Waals surface area contributed by atoms with Crippen molar-refractivity contribution in [3.05, 3.63) is 65.2 Å². The quantitative estimate of drug-likeness (QED) is 0.403. The van der Waals surface area contributed by atoms with E-state index in [-0.39, 0.29) is 31.0 Å². The van der Waals surface area contributed by atoms with Crippen LogP contribution in [0.3, 0.4) is 0 Å². The molecule has 1 saturated heterocycles. The molecule has 2 aliphatic rings. The summed E-state index contributed by atoms with van der Waals surface area (Å²) in [5.41, 5.74) is 2.28. The van der Waals surface area contributed by atoms with Gasteiger partial charge in [-0.25, -0.2) is 0 Å². The van der Waals surface area contributed by atoms with E-state index in [1.165, 1.54) is 43.7 Å². The minimum absolute atomic E-state index is 0.0771. The SMILES string of the molecule is C[C@@H](O)[C@@H]1NC(=O)C[C@@H](C(=O)NCc2ccc(CN3CCCCC3)cc2)NC(=O)c2ccccc2OCCN(C)C1=O. The molecule has 0 bridgehead atoms. The standard InChI is InChI=1S/C31H41N5O6/c1-21(37)28-31(41)35(2)16-17-42-26-9-5-4-8-24(26)29(39)33-25(18-27(38)34-28)30(40)32-19-22-10-12-23(13-11-22)20-36-14-6-3-7-15-36/h4-5,8-13,21,25,28,37H,3,6-7,14-20H2,1-2H3,(H,32,40)(H,33,39)(H,34,38)/t21-,25+,28+/m1/s1. The van der Waals surface area contributed by atoms with Gasteiger partial charge < -0.3 is 30.7 Å². The van der Waals surface area contributed by atoms with Crippen molar-refractivity contribution in [3.8, 4) is 5.75 Å². The zero-order chi connectivity index (χ0) is 30.1. The number of piperidine rings is 1. The van der Waals surface area contributed by atoms with Crippen LogP contribution >= 0.6 is 0 Å². The van der Waals surface area contributed by atoms with E-state index in [9.17, 15) is 24.3 Å². The minimum atomic E-state index is -1.24. The smallest absolute Gasteiger partial charge is 0.255 e. The van der Waals surface area contributed by atoms with E-state index in [0.717, 1.165) is 25.2 Å². The topological polar surface area (TPSA) is 140 Å². The van der Waals surface area contributed by atoms with Gasteiger partial charge in [0.2, 0.25) is 17.7 Å². The number of likely N-dealkylation sites (tertiary alicyclic amines) is 1. The van der Waals surface area contributed by atoms with E-state index >= 15 is 0 Å². The molecule has 2 aromatic rings. The molecule has 3 atom stereocenters. The number of likely N-dealkylation sites (N-methyl/N-ethyl adjacent to an activating group) is 1. The zero-order valence-corrected chi connectivity index (χ0v) is 24.3. The number of ether oxygens (including phenoxy) is 1. The van der Waals surface area contributed by atoms with Crippen LogP contribution in [0.2, 0.25) is 0 Å². The largest absolute Gasteiger partial charge is 0.491 e. The van der Waals surface area contributed by atoms with Crippen LogP contribution in [0, 0.1) is 0 Å². The first-order valence-electron chi connectivity index (χ1n) is 14.5. The molecule has 0 spiro atoms. The van der Waals surface area contributed by atoms with Gasteiger partial charge in [-0.1, -0.05) is 42.8 Å². The van der Waals surface area contributed by atoms with Crippen molar-refractivity contribution in [2.45, 2.75) is 63.9 Å². The molecule has 11 nitrogen and oxygen atoms in total. The van der Waals surface area contributed by atoms with Gasteiger partial charge in [0.25, 0.3) is 5.91 Å². The number of carbonyl (C=O) groups excluding carboxylic acids is 4. The summed E-state index contributed by atoms with van der Waals surface area (Å²) in [5, 5.41) is 18.2. The number of nitrogens with one attached hydrogen (secondary N) is 3. The monoisotopic (exact) mass is 579 g/mol. The lowest BCUT2D eigenvalue weighted by molar-refractivity contribution is -0.139. The Morgan fingerprint density at radius 3 is 2.40 bits per heavy atom. The van der Waals surface area contributed by atoms with Crippen molar-refractivity contribution in [1.29, 1.82) is 0 Å². The van der Waals surface area contributed by atoms with E-state index < -0.39 is 48.2 Å². The summed E-state index contributed by atoms with van der Waals surface area (Å²) < 4.78 is 5.79. The van der Waals surface area contributed by atoms with Crippen LogP contribution in [0.1, 0.15) is 54.1 Å². The lowest BCUT2D eigenvalue weighted by Gasteiger charge is -2.28. The van der Waals surface area contributed by atoms with Gasteiger partial charge >= 0.3 is 0 Å². The highest BCUT2D eigenvalue weighted by Crippen LogP contribution is 2.19. The number of aliphatic hydroxyl groups is 1. The maximum absolute atomic E-state index is 13.3. The molecule has 1 fully saturated rings. The highest BCUT2D eigenvalue weighted by molar-refractivity contribution is 6.01. The predicted octanol–water partition coefficient (Wildman–Crippen LogP) is 1.19. The normalized spacial score (nSPS) is 21.7. The second kappa shape index (κ2) is 14.8. The molecule has 0 aliphatic carbocycles. The molecule has 0 aromatic heterocycles. The minimum Gasteiger partial charge on any atom is -0.491 e. The number of carbonyl (C=O) groups is 4. The third kappa shape index (κ3) is 8.53. The van der Waals surface area contributed by atoms with Crippen molar-refractivity contribution in [3.63, 3.8) is 0 Å². The molecule has 0 saturated carbocycles. The Morgan fingerprint density at radius 1 is 1.00 bits per heavy atom. The fourth-order valence-electron chi connectivity index (χ4n) is 5.12. The van der Waals surface area contributed by atoms with Gasteiger partial charge in [0.1, 0.15) is 24.4 Å². The molecular formula is C31H41N5O6. The average molecular weight is 580 g/mol. The number of para-hydroxylation sites is 1. The zero-order valence-electron chi connectivity index (χ0n) is 24.3. The van der Waals surface area contributed by atoms with Crippen molar-refractivity contribution in [1.82, 2.24) is 25.8 Å². The summed E-state index contributed by atoms with van der Waals surface area (Å²) in [5.74, 6) is -2.01. The Balaban J connectivity index is 1.47. The lowest BCUT2D eigenvalue weighted by Crippen LogP contribution is -2.55. The first-order valence-corrected chi connectivity index (χ1v) is 14.5. The Bertz CT molecular complexity index is 1240. The number of rotatable bonds is 6. The number of hydrogen-bond acceptors (Lipinski definition) is 7. The number of hydrogen-bond donors (Lipinski definition) is 4. The van der Waals surface area contributed by atoms with Crippen molar-refractivity contribution < 1.29 is 29.0 Å². The van der Waals surface area contributed by atoms with Crippen LogP contribution in [0.4, 0.5) is 0 Å². The van der Waals surface area contributed by atoms with Crippen molar-refractivity contribution in [2.24, 2.45) is 0 Å². The Morgan fingerprint density at radius 2 is 1.69 bits per heavy atom. The van der Waals surface area contributed by atoms with Crippen LogP contribution < -0.4 is 20.7 Å². The molecule has 11 heteroatoms. The Kier molecular flexibility index (Phi) is 10.9. The molecule has 4 N–H and O–H groups in total. The highest BCUT2D eigenvalue weighted by atomic mass is 16.5. The fourth-order valence-corrected chi connectivity index (χ4v) is 5.12. The van der Waals surface area contributed by atoms with Crippen LogP contribution in [0.15, 0.2) is 48.5 Å². The lowest BCUT2D eigenvalue weighted by atomic mass is 10.1. The van der Waals surface area contributed by atoms with Gasteiger partial charge in [-0.15, -0.1) is 0 Å². The number of fused-ring (bicyclic) bond motifs is 1. The second-order valence-electron chi connectivity index (χ2n) is 11.0. The van der Waals surface area contributed by atoms with Gasteiger partial charge in [0, 0.05) is 20.1 Å². The maximum Gasteiger partial charge on any atom is 0.255 e. The van der Waals surface area contributed by atoms with E-state index in [2.05, 4.69) is 20.9 Å². The average Bonchev–Trinajstić information content (AvgIpc) is 2.98. The first kappa shape index (κ1) is 31.0. The van der Waals surface area contributed by atoms with Gasteiger partial charge in [0.15, 0.2) is 0 Å². The van der Waals surface area contributed by atoms with E-state index in [4.69, 9.17) is 4.74 Å². The summed E-state index contributed by atoms with van der Waals surface area (Å²) in [6.07, 6.45) is 2.13. The molecule has 4 rings (SSSR count). The van der Waals surface area contributed by atoms with E-state index in [0.29, 0.717) is 0 Å². The number of nitrogens with zero attached hydrogens (tertiary/aromatic N) is 2. The molecule has 42 heavy (non-hydrogen) atoms.